The molecule has 0 bridgehead atoms. The fourth-order valence-corrected chi connectivity index (χ4v) is 2.40. The Kier molecular flexibility index (Phi) is 4.71. The van der Waals surface area contributed by atoms with Crippen molar-refractivity contribution in [3.63, 3.8) is 0 Å². The van der Waals surface area contributed by atoms with Crippen LogP contribution in [0.25, 0.3) is 0 Å². The molecule has 20 heavy (non-hydrogen) atoms. The number of aromatic hydroxyl groups is 1. The Balaban J connectivity index is 1.96. The van der Waals surface area contributed by atoms with E-state index in [-0.39, 0.29) is 17.9 Å². The molecule has 0 aliphatic carbocycles. The number of ether oxygens (including phenoxy) is 2. The molecule has 1 saturated heterocycles. The first-order valence-electron chi connectivity index (χ1n) is 6.98. The maximum absolute atomic E-state index is 11.8. The van der Waals surface area contributed by atoms with Crippen LogP contribution >= 0.6 is 0 Å². The van der Waals surface area contributed by atoms with Gasteiger partial charge in [-0.2, -0.15) is 0 Å². The van der Waals surface area contributed by atoms with Crippen molar-refractivity contribution in [2.45, 2.75) is 32.7 Å². The molecule has 1 aromatic carbocycles. The summed E-state index contributed by atoms with van der Waals surface area (Å²) in [5.74, 6) is 0.872. The molecule has 1 heterocycles. The average Bonchev–Trinajstić information content (AvgIpc) is 2.89. The van der Waals surface area contributed by atoms with Crippen LogP contribution < -0.4 is 4.74 Å². The molecule has 1 fully saturated rings. The number of hydrogen-bond acceptors (Lipinski definition) is 4. The molecular weight excluding hydrogens is 258 g/mol. The molecule has 0 aromatic heterocycles. The molecule has 1 aliphatic heterocycles. The fraction of sp³-hybridized carbons (Fsp3) is 0.533. The van der Waals surface area contributed by atoms with Crippen LogP contribution in [0.15, 0.2) is 18.2 Å². The molecule has 5 heteroatoms. The van der Waals surface area contributed by atoms with Crippen LogP contribution in [0, 0.1) is 6.92 Å². The third-order valence-corrected chi connectivity index (χ3v) is 3.57. The Hall–Kier alpha value is -1.91. The molecule has 5 nitrogen and oxygen atoms in total. The van der Waals surface area contributed by atoms with E-state index >= 15 is 0 Å². The summed E-state index contributed by atoms with van der Waals surface area (Å²) in [6.45, 7) is 5.13. The van der Waals surface area contributed by atoms with Crippen LogP contribution in [0.2, 0.25) is 0 Å². The molecular formula is C15H21NO4. The van der Waals surface area contributed by atoms with Gasteiger partial charge in [0.25, 0.3) is 0 Å². The predicted octanol–water partition coefficient (Wildman–Crippen LogP) is 2.70. The number of phenols is 1. The molecule has 0 saturated carbocycles. The van der Waals surface area contributed by atoms with Crippen molar-refractivity contribution in [3.05, 3.63) is 23.8 Å². The monoisotopic (exact) mass is 279 g/mol. The van der Waals surface area contributed by atoms with Crippen molar-refractivity contribution < 1.29 is 19.4 Å². The van der Waals surface area contributed by atoms with Crippen molar-refractivity contribution >= 4 is 6.09 Å². The lowest BCUT2D eigenvalue weighted by Gasteiger charge is -2.24. The maximum atomic E-state index is 11.8. The van der Waals surface area contributed by atoms with Gasteiger partial charge < -0.3 is 19.5 Å². The van der Waals surface area contributed by atoms with Crippen LogP contribution in [0.3, 0.4) is 0 Å². The van der Waals surface area contributed by atoms with Gasteiger partial charge in [0.15, 0.2) is 0 Å². The average molecular weight is 279 g/mol. The van der Waals surface area contributed by atoms with Gasteiger partial charge in [-0.15, -0.1) is 0 Å². The number of carbonyl (C=O) groups is 1. The lowest BCUT2D eigenvalue weighted by atomic mass is 10.2. The second-order valence-electron chi connectivity index (χ2n) is 4.90. The number of likely N-dealkylation sites (tertiary alicyclic amines) is 1. The van der Waals surface area contributed by atoms with Crippen LogP contribution in [-0.4, -0.2) is 41.9 Å². The highest BCUT2D eigenvalue weighted by Gasteiger charge is 2.30. The standard InChI is InChI=1S/C15H21NO4/c1-3-19-15(18)16-9-5-6-12(16)10-20-14-8-4-7-13(17)11(14)2/h4,7-8,12,17H,3,5-6,9-10H2,1-2H3. The first-order valence-corrected chi connectivity index (χ1v) is 6.98. The van der Waals surface area contributed by atoms with E-state index in [0.717, 1.165) is 12.8 Å². The Bertz CT molecular complexity index is 475. The van der Waals surface area contributed by atoms with E-state index in [0.29, 0.717) is 31.1 Å². The number of benzene rings is 1. The van der Waals surface area contributed by atoms with E-state index in [9.17, 15) is 9.90 Å². The van der Waals surface area contributed by atoms with Gasteiger partial charge >= 0.3 is 6.09 Å². The highest BCUT2D eigenvalue weighted by atomic mass is 16.6. The number of amides is 1. The molecule has 110 valence electrons. The molecule has 2 rings (SSSR count). The minimum atomic E-state index is -0.272. The molecule has 1 aromatic rings. The quantitative estimate of drug-likeness (QED) is 0.920. The molecule has 1 amide bonds. The second kappa shape index (κ2) is 6.50. The minimum absolute atomic E-state index is 0.0378. The highest BCUT2D eigenvalue weighted by Crippen LogP contribution is 2.27. The number of phenolic OH excluding ortho intramolecular Hbond substituents is 1. The van der Waals surface area contributed by atoms with Crippen molar-refractivity contribution in [2.75, 3.05) is 19.8 Å². The Morgan fingerprint density at radius 2 is 2.30 bits per heavy atom. The van der Waals surface area contributed by atoms with Crippen molar-refractivity contribution in [1.82, 2.24) is 4.90 Å². The van der Waals surface area contributed by atoms with Gasteiger partial charge in [0.05, 0.1) is 12.6 Å². The smallest absolute Gasteiger partial charge is 0.410 e. The number of carbonyl (C=O) groups excluding carboxylic acids is 1. The second-order valence-corrected chi connectivity index (χ2v) is 4.90. The van der Waals surface area contributed by atoms with Crippen LogP contribution in [0.1, 0.15) is 25.3 Å². The minimum Gasteiger partial charge on any atom is -0.508 e. The van der Waals surface area contributed by atoms with E-state index in [1.165, 1.54) is 0 Å². The third-order valence-electron chi connectivity index (χ3n) is 3.57. The van der Waals surface area contributed by atoms with Crippen LogP contribution in [-0.2, 0) is 4.74 Å². The van der Waals surface area contributed by atoms with E-state index in [1.54, 1.807) is 24.0 Å². The molecule has 0 spiro atoms. The largest absolute Gasteiger partial charge is 0.508 e. The summed E-state index contributed by atoms with van der Waals surface area (Å²) >= 11 is 0. The van der Waals surface area contributed by atoms with Crippen LogP contribution in [0.5, 0.6) is 11.5 Å². The zero-order valence-electron chi connectivity index (χ0n) is 12.0. The Labute approximate surface area is 119 Å². The number of rotatable bonds is 4. The van der Waals surface area contributed by atoms with Gasteiger partial charge in [0.1, 0.15) is 18.1 Å². The summed E-state index contributed by atoms with van der Waals surface area (Å²) in [7, 11) is 0. The predicted molar refractivity (Wildman–Crippen MR) is 75.1 cm³/mol. The lowest BCUT2D eigenvalue weighted by Crippen LogP contribution is -2.39. The van der Waals surface area contributed by atoms with Crippen molar-refractivity contribution in [1.29, 1.82) is 0 Å². The summed E-state index contributed by atoms with van der Waals surface area (Å²) < 4.78 is 10.8. The number of hydrogen-bond donors (Lipinski definition) is 1. The Morgan fingerprint density at radius 3 is 3.05 bits per heavy atom. The summed E-state index contributed by atoms with van der Waals surface area (Å²) in [5, 5.41) is 9.64. The summed E-state index contributed by atoms with van der Waals surface area (Å²) in [6.07, 6.45) is 1.61. The first kappa shape index (κ1) is 14.5. The topological polar surface area (TPSA) is 59.0 Å². The van der Waals surface area contributed by atoms with Crippen molar-refractivity contribution in [2.24, 2.45) is 0 Å². The van der Waals surface area contributed by atoms with E-state index < -0.39 is 0 Å². The van der Waals surface area contributed by atoms with Crippen molar-refractivity contribution in [3.8, 4) is 11.5 Å². The van der Waals surface area contributed by atoms with Gasteiger partial charge in [-0.05, 0) is 38.8 Å². The highest BCUT2D eigenvalue weighted by molar-refractivity contribution is 5.68. The molecule has 1 atom stereocenters. The van der Waals surface area contributed by atoms with E-state index in [4.69, 9.17) is 9.47 Å². The molecule has 1 aliphatic rings. The summed E-state index contributed by atoms with van der Waals surface area (Å²) in [5.41, 5.74) is 0.716. The number of nitrogens with zero attached hydrogens (tertiary/aromatic N) is 1. The summed E-state index contributed by atoms with van der Waals surface area (Å²) in [4.78, 5) is 13.5. The SMILES string of the molecule is CCOC(=O)N1CCCC1COc1cccc(O)c1C. The van der Waals surface area contributed by atoms with Gasteiger partial charge in [-0.3, -0.25) is 0 Å². The molecule has 1 N–H and O–H groups in total. The van der Waals surface area contributed by atoms with Gasteiger partial charge in [0, 0.05) is 12.1 Å². The fourth-order valence-electron chi connectivity index (χ4n) is 2.40. The molecule has 1 unspecified atom stereocenters. The molecule has 0 radical (unpaired) electrons. The van der Waals surface area contributed by atoms with Gasteiger partial charge in [-0.1, -0.05) is 6.07 Å². The van der Waals surface area contributed by atoms with E-state index in [2.05, 4.69) is 0 Å². The zero-order valence-corrected chi connectivity index (χ0v) is 12.0. The maximum Gasteiger partial charge on any atom is 0.410 e. The van der Waals surface area contributed by atoms with Crippen LogP contribution in [0.4, 0.5) is 4.79 Å². The zero-order chi connectivity index (χ0) is 14.5. The lowest BCUT2D eigenvalue weighted by molar-refractivity contribution is 0.0916. The first-order chi connectivity index (χ1) is 9.63. The van der Waals surface area contributed by atoms with Gasteiger partial charge in [-0.25, -0.2) is 4.79 Å². The summed E-state index contributed by atoms with van der Waals surface area (Å²) in [6, 6.07) is 5.23. The normalized spacial score (nSPS) is 18.1. The Morgan fingerprint density at radius 1 is 1.50 bits per heavy atom. The van der Waals surface area contributed by atoms with E-state index in [1.807, 2.05) is 13.0 Å². The van der Waals surface area contributed by atoms with Gasteiger partial charge in [0.2, 0.25) is 0 Å². The third kappa shape index (κ3) is 3.15.